The van der Waals surface area contributed by atoms with E-state index in [1.165, 1.54) is 0 Å². The zero-order valence-electron chi connectivity index (χ0n) is 17.1. The molecule has 5 nitrogen and oxygen atoms in total. The summed E-state index contributed by atoms with van der Waals surface area (Å²) in [6, 6.07) is 7.63. The average Bonchev–Trinajstić information content (AvgIpc) is 2.60. The second-order valence-corrected chi connectivity index (χ2v) is 7.96. The lowest BCUT2D eigenvalue weighted by molar-refractivity contribution is -0.151. The van der Waals surface area contributed by atoms with Crippen molar-refractivity contribution >= 4 is 11.8 Å². The summed E-state index contributed by atoms with van der Waals surface area (Å²) in [5.74, 6) is -0.752. The lowest BCUT2D eigenvalue weighted by Crippen LogP contribution is -2.41. The number of para-hydroxylation sites is 1. The number of hydrogen-bond donors (Lipinski definition) is 1. The van der Waals surface area contributed by atoms with Gasteiger partial charge in [-0.2, -0.15) is 0 Å². The van der Waals surface area contributed by atoms with Crippen molar-refractivity contribution in [3.05, 3.63) is 53.4 Å². The standard InChI is InChI=1S/C23H29NO4/c1-13(2)27-19-12-7-6-9-16(19)21-20(23(26)28-14(3)4)15(5)24-17-10-8-11-18(25)22(17)21/h6-7,9,12-14,20-21,24H,5,8,10-11H2,1-4H3. The van der Waals surface area contributed by atoms with Crippen LogP contribution in [0.5, 0.6) is 5.75 Å². The van der Waals surface area contributed by atoms with Crippen molar-refractivity contribution in [2.75, 3.05) is 0 Å². The van der Waals surface area contributed by atoms with Crippen LogP contribution in [-0.4, -0.2) is 24.0 Å². The van der Waals surface area contributed by atoms with E-state index in [2.05, 4.69) is 11.9 Å². The molecule has 1 aliphatic heterocycles. The Labute approximate surface area is 166 Å². The van der Waals surface area contributed by atoms with E-state index < -0.39 is 11.8 Å². The summed E-state index contributed by atoms with van der Waals surface area (Å²) < 4.78 is 11.6. The number of rotatable bonds is 5. The van der Waals surface area contributed by atoms with E-state index in [-0.39, 0.29) is 24.0 Å². The number of esters is 1. The molecule has 1 aromatic carbocycles. The third-order valence-corrected chi connectivity index (χ3v) is 5.01. The third kappa shape index (κ3) is 3.98. The highest BCUT2D eigenvalue weighted by Crippen LogP contribution is 2.47. The minimum atomic E-state index is -0.680. The highest BCUT2D eigenvalue weighted by molar-refractivity contribution is 6.00. The summed E-state index contributed by atoms with van der Waals surface area (Å²) in [4.78, 5) is 25.9. The van der Waals surface area contributed by atoms with Gasteiger partial charge in [-0.1, -0.05) is 24.8 Å². The van der Waals surface area contributed by atoms with Crippen molar-refractivity contribution < 1.29 is 19.1 Å². The number of ketones is 1. The quantitative estimate of drug-likeness (QED) is 0.770. The minimum absolute atomic E-state index is 0.0253. The summed E-state index contributed by atoms with van der Waals surface area (Å²) >= 11 is 0. The number of nitrogens with one attached hydrogen (secondary N) is 1. The number of carbonyl (C=O) groups excluding carboxylic acids is 2. The van der Waals surface area contributed by atoms with Crippen molar-refractivity contribution in [2.24, 2.45) is 5.92 Å². The van der Waals surface area contributed by atoms with Crippen LogP contribution in [0.3, 0.4) is 0 Å². The van der Waals surface area contributed by atoms with E-state index in [9.17, 15) is 9.59 Å². The van der Waals surface area contributed by atoms with Gasteiger partial charge >= 0.3 is 5.97 Å². The third-order valence-electron chi connectivity index (χ3n) is 5.01. The number of benzene rings is 1. The molecule has 5 heteroatoms. The Hall–Kier alpha value is -2.56. The fourth-order valence-corrected chi connectivity index (χ4v) is 4.01. The second kappa shape index (κ2) is 8.21. The number of hydrogen-bond acceptors (Lipinski definition) is 5. The van der Waals surface area contributed by atoms with Crippen LogP contribution in [0.15, 0.2) is 47.8 Å². The maximum atomic E-state index is 13.0. The van der Waals surface area contributed by atoms with Gasteiger partial charge in [0.2, 0.25) is 0 Å². The van der Waals surface area contributed by atoms with Gasteiger partial charge < -0.3 is 14.8 Å². The van der Waals surface area contributed by atoms with Crippen LogP contribution < -0.4 is 10.1 Å². The molecule has 1 aliphatic carbocycles. The molecule has 1 N–H and O–H groups in total. The molecule has 28 heavy (non-hydrogen) atoms. The van der Waals surface area contributed by atoms with E-state index >= 15 is 0 Å². The van der Waals surface area contributed by atoms with Crippen molar-refractivity contribution in [3.8, 4) is 5.75 Å². The molecule has 0 aromatic heterocycles. The molecule has 2 atom stereocenters. The van der Waals surface area contributed by atoms with Gasteiger partial charge in [-0.25, -0.2) is 0 Å². The number of ether oxygens (including phenoxy) is 2. The largest absolute Gasteiger partial charge is 0.491 e. The maximum absolute atomic E-state index is 13.0. The van der Waals surface area contributed by atoms with Crippen LogP contribution in [0, 0.1) is 5.92 Å². The molecule has 3 rings (SSSR count). The molecule has 2 aliphatic rings. The fourth-order valence-electron chi connectivity index (χ4n) is 4.01. The van der Waals surface area contributed by atoms with Crippen LogP contribution in [-0.2, 0) is 14.3 Å². The van der Waals surface area contributed by atoms with Crippen LogP contribution >= 0.6 is 0 Å². The minimum Gasteiger partial charge on any atom is -0.491 e. The van der Waals surface area contributed by atoms with Gasteiger partial charge in [0.25, 0.3) is 0 Å². The van der Waals surface area contributed by atoms with Gasteiger partial charge in [-0.05, 0) is 46.6 Å². The average molecular weight is 383 g/mol. The van der Waals surface area contributed by atoms with Crippen LogP contribution in [0.4, 0.5) is 0 Å². The van der Waals surface area contributed by atoms with Crippen LogP contribution in [0.1, 0.15) is 58.4 Å². The summed E-state index contributed by atoms with van der Waals surface area (Å²) in [5.41, 5.74) is 2.94. The van der Waals surface area contributed by atoms with Gasteiger partial charge in [0, 0.05) is 34.9 Å². The first-order valence-corrected chi connectivity index (χ1v) is 9.97. The monoisotopic (exact) mass is 383 g/mol. The summed E-state index contributed by atoms with van der Waals surface area (Å²) in [7, 11) is 0. The fraction of sp³-hybridized carbons (Fsp3) is 0.478. The SMILES string of the molecule is C=C1NC2=C(C(=O)CCC2)C(c2ccccc2OC(C)C)C1C(=O)OC(C)C. The van der Waals surface area contributed by atoms with Gasteiger partial charge in [0.05, 0.1) is 12.2 Å². The molecular formula is C23H29NO4. The Bertz CT molecular complexity index is 822. The number of allylic oxidation sites excluding steroid dienone is 2. The van der Waals surface area contributed by atoms with Gasteiger partial charge in [-0.15, -0.1) is 0 Å². The lowest BCUT2D eigenvalue weighted by atomic mass is 9.71. The Morgan fingerprint density at radius 1 is 1.14 bits per heavy atom. The first kappa shape index (κ1) is 20.2. The van der Waals surface area contributed by atoms with Crippen molar-refractivity contribution in [2.45, 2.75) is 65.1 Å². The lowest BCUT2D eigenvalue weighted by Gasteiger charge is -2.39. The molecule has 2 unspecified atom stereocenters. The highest BCUT2D eigenvalue weighted by atomic mass is 16.5. The Kier molecular flexibility index (Phi) is 5.92. The number of carbonyl (C=O) groups is 2. The van der Waals surface area contributed by atoms with Gasteiger partial charge in [0.15, 0.2) is 5.78 Å². The summed E-state index contributed by atoms with van der Waals surface area (Å²) in [5, 5.41) is 3.24. The summed E-state index contributed by atoms with van der Waals surface area (Å²) in [6.07, 6.45) is 1.79. The van der Waals surface area contributed by atoms with E-state index in [0.717, 1.165) is 24.1 Å². The first-order valence-electron chi connectivity index (χ1n) is 9.97. The zero-order chi connectivity index (χ0) is 20.4. The molecule has 0 bridgehead atoms. The Morgan fingerprint density at radius 2 is 1.86 bits per heavy atom. The smallest absolute Gasteiger partial charge is 0.316 e. The molecule has 0 radical (unpaired) electrons. The second-order valence-electron chi connectivity index (χ2n) is 7.96. The molecule has 0 fully saturated rings. The van der Waals surface area contributed by atoms with Crippen LogP contribution in [0.2, 0.25) is 0 Å². The molecular weight excluding hydrogens is 354 g/mol. The van der Waals surface area contributed by atoms with Crippen molar-refractivity contribution in [1.29, 1.82) is 0 Å². The Morgan fingerprint density at radius 3 is 2.54 bits per heavy atom. The molecule has 0 saturated heterocycles. The Balaban J connectivity index is 2.16. The molecule has 0 saturated carbocycles. The van der Waals surface area contributed by atoms with Gasteiger partial charge in [0.1, 0.15) is 11.7 Å². The molecule has 0 spiro atoms. The number of Topliss-reactive ketones (excluding diaryl/α,β-unsaturated/α-hetero) is 1. The van der Waals surface area contributed by atoms with Crippen molar-refractivity contribution in [3.63, 3.8) is 0 Å². The first-order chi connectivity index (χ1) is 13.3. The van der Waals surface area contributed by atoms with E-state index in [4.69, 9.17) is 9.47 Å². The topological polar surface area (TPSA) is 64.6 Å². The van der Waals surface area contributed by atoms with E-state index in [0.29, 0.717) is 23.4 Å². The van der Waals surface area contributed by atoms with E-state index in [1.807, 2.05) is 52.0 Å². The van der Waals surface area contributed by atoms with Gasteiger partial charge in [-0.3, -0.25) is 9.59 Å². The molecule has 1 heterocycles. The zero-order valence-corrected chi connectivity index (χ0v) is 17.1. The molecule has 1 aromatic rings. The molecule has 0 amide bonds. The summed E-state index contributed by atoms with van der Waals surface area (Å²) in [6.45, 7) is 11.7. The van der Waals surface area contributed by atoms with E-state index in [1.54, 1.807) is 0 Å². The maximum Gasteiger partial charge on any atom is 0.316 e. The van der Waals surface area contributed by atoms with Crippen molar-refractivity contribution in [1.82, 2.24) is 5.32 Å². The highest BCUT2D eigenvalue weighted by Gasteiger charge is 2.45. The van der Waals surface area contributed by atoms with Crippen LogP contribution in [0.25, 0.3) is 0 Å². The predicted molar refractivity (Wildman–Crippen MR) is 108 cm³/mol. The normalized spacial score (nSPS) is 22.2. The predicted octanol–water partition coefficient (Wildman–Crippen LogP) is 4.25. The molecule has 150 valence electrons.